The normalized spacial score (nSPS) is 10.4. The third kappa shape index (κ3) is 4.25. The summed E-state index contributed by atoms with van der Waals surface area (Å²) in [6, 6.07) is 10.4. The van der Waals surface area contributed by atoms with Crippen LogP contribution >= 0.6 is 57.4 Å². The molecule has 0 bridgehead atoms. The highest BCUT2D eigenvalue weighted by Crippen LogP contribution is 2.24. The van der Waals surface area contributed by atoms with Gasteiger partial charge in [0.05, 0.1) is 22.2 Å². The lowest BCUT2D eigenvalue weighted by atomic mass is 10.1. The number of halogens is 4. The first-order valence-electron chi connectivity index (χ1n) is 5.64. The second-order valence-electron chi connectivity index (χ2n) is 4.10. The number of benzene rings is 2. The molecule has 20 heavy (non-hydrogen) atoms. The standard InChI is InChI=1S/C14H9Cl3INO/c15-9-2-4-13(12(18)7-9)19-14(20)6-8-1-3-10(16)11(17)5-8/h1-5,7H,6H2,(H,19,20). The molecule has 104 valence electrons. The monoisotopic (exact) mass is 439 g/mol. The first kappa shape index (κ1) is 15.9. The quantitative estimate of drug-likeness (QED) is 0.634. The smallest absolute Gasteiger partial charge is 0.228 e. The van der Waals surface area contributed by atoms with E-state index in [1.54, 1.807) is 36.4 Å². The van der Waals surface area contributed by atoms with Gasteiger partial charge < -0.3 is 5.32 Å². The van der Waals surface area contributed by atoms with E-state index in [4.69, 9.17) is 34.8 Å². The maximum absolute atomic E-state index is 12.0. The van der Waals surface area contributed by atoms with Gasteiger partial charge in [-0.1, -0.05) is 40.9 Å². The number of anilines is 1. The van der Waals surface area contributed by atoms with Crippen LogP contribution in [0.3, 0.4) is 0 Å². The molecular formula is C14H9Cl3INO. The largest absolute Gasteiger partial charge is 0.325 e. The summed E-state index contributed by atoms with van der Waals surface area (Å²) in [5.41, 5.74) is 1.54. The molecule has 0 aliphatic heterocycles. The zero-order chi connectivity index (χ0) is 14.7. The molecule has 0 saturated carbocycles. The number of rotatable bonds is 3. The lowest BCUT2D eigenvalue weighted by Crippen LogP contribution is -2.15. The number of hydrogen-bond donors (Lipinski definition) is 1. The lowest BCUT2D eigenvalue weighted by Gasteiger charge is -2.08. The fourth-order valence-electron chi connectivity index (χ4n) is 1.62. The van der Waals surface area contributed by atoms with Gasteiger partial charge in [0, 0.05) is 8.59 Å². The van der Waals surface area contributed by atoms with Gasteiger partial charge in [0.1, 0.15) is 0 Å². The van der Waals surface area contributed by atoms with Crippen molar-refractivity contribution < 1.29 is 4.79 Å². The predicted octanol–water partition coefficient (Wildman–Crippen LogP) is 5.43. The van der Waals surface area contributed by atoms with Crippen LogP contribution in [0.1, 0.15) is 5.56 Å². The molecule has 1 N–H and O–H groups in total. The maximum atomic E-state index is 12.0. The molecule has 0 aliphatic carbocycles. The molecule has 0 heterocycles. The third-order valence-electron chi connectivity index (χ3n) is 2.55. The maximum Gasteiger partial charge on any atom is 0.228 e. The minimum absolute atomic E-state index is 0.122. The molecule has 0 aliphatic rings. The molecule has 2 aromatic rings. The minimum Gasteiger partial charge on any atom is -0.325 e. The molecule has 0 aromatic heterocycles. The van der Waals surface area contributed by atoms with E-state index in [0.29, 0.717) is 15.1 Å². The van der Waals surface area contributed by atoms with E-state index in [-0.39, 0.29) is 12.3 Å². The zero-order valence-electron chi connectivity index (χ0n) is 10.1. The fourth-order valence-corrected chi connectivity index (χ4v) is 2.95. The summed E-state index contributed by atoms with van der Waals surface area (Å²) in [6.45, 7) is 0. The van der Waals surface area contributed by atoms with Crippen LogP contribution in [-0.4, -0.2) is 5.91 Å². The average molecular weight is 440 g/mol. The van der Waals surface area contributed by atoms with Gasteiger partial charge >= 0.3 is 0 Å². The van der Waals surface area contributed by atoms with E-state index >= 15 is 0 Å². The lowest BCUT2D eigenvalue weighted by molar-refractivity contribution is -0.115. The predicted molar refractivity (Wildman–Crippen MR) is 93.0 cm³/mol. The Hall–Kier alpha value is -0.490. The van der Waals surface area contributed by atoms with Crippen LogP contribution in [0.2, 0.25) is 15.1 Å². The Morgan fingerprint density at radius 3 is 2.45 bits per heavy atom. The van der Waals surface area contributed by atoms with Gasteiger partial charge in [0.15, 0.2) is 0 Å². The van der Waals surface area contributed by atoms with Gasteiger partial charge in [-0.2, -0.15) is 0 Å². The zero-order valence-corrected chi connectivity index (χ0v) is 14.5. The van der Waals surface area contributed by atoms with Crippen LogP contribution in [0.4, 0.5) is 5.69 Å². The van der Waals surface area contributed by atoms with Crippen LogP contribution in [0, 0.1) is 3.57 Å². The average Bonchev–Trinajstić information content (AvgIpc) is 2.37. The van der Waals surface area contributed by atoms with Crippen molar-refractivity contribution in [3.63, 3.8) is 0 Å². The van der Waals surface area contributed by atoms with Gasteiger partial charge in [0.25, 0.3) is 0 Å². The van der Waals surface area contributed by atoms with Crippen molar-refractivity contribution in [1.82, 2.24) is 0 Å². The second kappa shape index (κ2) is 6.98. The van der Waals surface area contributed by atoms with E-state index in [1.807, 2.05) is 0 Å². The van der Waals surface area contributed by atoms with Crippen molar-refractivity contribution in [3.8, 4) is 0 Å². The van der Waals surface area contributed by atoms with Crippen molar-refractivity contribution in [2.24, 2.45) is 0 Å². The molecule has 0 unspecified atom stereocenters. The van der Waals surface area contributed by atoms with E-state index in [1.165, 1.54) is 0 Å². The van der Waals surface area contributed by atoms with Crippen LogP contribution in [0.15, 0.2) is 36.4 Å². The second-order valence-corrected chi connectivity index (χ2v) is 6.51. The van der Waals surface area contributed by atoms with Crippen LogP contribution in [-0.2, 0) is 11.2 Å². The van der Waals surface area contributed by atoms with Crippen molar-refractivity contribution >= 4 is 69.0 Å². The van der Waals surface area contributed by atoms with E-state index in [9.17, 15) is 4.79 Å². The highest BCUT2D eigenvalue weighted by atomic mass is 127. The Morgan fingerprint density at radius 1 is 1.05 bits per heavy atom. The highest BCUT2D eigenvalue weighted by molar-refractivity contribution is 14.1. The molecule has 0 atom stereocenters. The first-order valence-corrected chi connectivity index (χ1v) is 7.86. The number of amides is 1. The molecule has 0 saturated heterocycles. The molecule has 1 amide bonds. The SMILES string of the molecule is O=C(Cc1ccc(Cl)c(Cl)c1)Nc1ccc(Cl)cc1I. The fraction of sp³-hybridized carbons (Fsp3) is 0.0714. The Bertz CT molecular complexity index is 661. The van der Waals surface area contributed by atoms with E-state index in [0.717, 1.165) is 14.8 Å². The minimum atomic E-state index is -0.122. The van der Waals surface area contributed by atoms with Crippen molar-refractivity contribution in [2.45, 2.75) is 6.42 Å². The molecule has 2 aromatic carbocycles. The number of hydrogen-bond acceptors (Lipinski definition) is 1. The van der Waals surface area contributed by atoms with Gasteiger partial charge in [0.2, 0.25) is 5.91 Å². The Balaban J connectivity index is 2.07. The summed E-state index contributed by atoms with van der Waals surface area (Å²) < 4.78 is 0.887. The van der Waals surface area contributed by atoms with Crippen LogP contribution < -0.4 is 5.32 Å². The van der Waals surface area contributed by atoms with Gasteiger partial charge in [-0.3, -0.25) is 4.79 Å². The van der Waals surface area contributed by atoms with Crippen LogP contribution in [0.5, 0.6) is 0 Å². The van der Waals surface area contributed by atoms with Gasteiger partial charge in [-0.15, -0.1) is 0 Å². The summed E-state index contributed by atoms with van der Waals surface area (Å²) in [5, 5.41) is 4.39. The van der Waals surface area contributed by atoms with Crippen molar-refractivity contribution in [1.29, 1.82) is 0 Å². The van der Waals surface area contributed by atoms with Crippen molar-refractivity contribution in [2.75, 3.05) is 5.32 Å². The number of carbonyl (C=O) groups is 1. The summed E-state index contributed by atoms with van der Waals surface area (Å²) >= 11 is 19.8. The first-order chi connectivity index (χ1) is 9.45. The molecule has 0 spiro atoms. The number of carbonyl (C=O) groups excluding carboxylic acids is 1. The van der Waals surface area contributed by atoms with Gasteiger partial charge in [-0.25, -0.2) is 0 Å². The van der Waals surface area contributed by atoms with E-state index in [2.05, 4.69) is 27.9 Å². The Morgan fingerprint density at radius 2 is 1.80 bits per heavy atom. The molecule has 6 heteroatoms. The topological polar surface area (TPSA) is 29.1 Å². The third-order valence-corrected chi connectivity index (χ3v) is 4.42. The van der Waals surface area contributed by atoms with Gasteiger partial charge in [-0.05, 0) is 58.5 Å². The Labute approximate surface area is 145 Å². The number of nitrogens with one attached hydrogen (secondary N) is 1. The van der Waals surface area contributed by atoms with Crippen LogP contribution in [0.25, 0.3) is 0 Å². The molecule has 0 fully saturated rings. The van der Waals surface area contributed by atoms with E-state index < -0.39 is 0 Å². The Kier molecular flexibility index (Phi) is 5.55. The molecular weight excluding hydrogens is 431 g/mol. The molecule has 2 rings (SSSR count). The summed E-state index contributed by atoms with van der Waals surface area (Å²) in [6.07, 6.45) is 0.232. The highest BCUT2D eigenvalue weighted by Gasteiger charge is 2.08. The molecule has 2 nitrogen and oxygen atoms in total. The molecule has 0 radical (unpaired) electrons. The summed E-state index contributed by atoms with van der Waals surface area (Å²) in [7, 11) is 0. The summed E-state index contributed by atoms with van der Waals surface area (Å²) in [5.74, 6) is -0.122. The van der Waals surface area contributed by atoms with Crippen molar-refractivity contribution in [3.05, 3.63) is 60.6 Å². The summed E-state index contributed by atoms with van der Waals surface area (Å²) in [4.78, 5) is 12.0.